The summed E-state index contributed by atoms with van der Waals surface area (Å²) in [6.45, 7) is 0.428. The van der Waals surface area contributed by atoms with Crippen molar-refractivity contribution in [2.24, 2.45) is 7.05 Å². The van der Waals surface area contributed by atoms with E-state index in [1.54, 1.807) is 22.0 Å². The Morgan fingerprint density at radius 1 is 1.60 bits per heavy atom. The highest BCUT2D eigenvalue weighted by Gasteiger charge is 2.34. The van der Waals surface area contributed by atoms with E-state index < -0.39 is 0 Å². The lowest BCUT2D eigenvalue weighted by molar-refractivity contribution is -0.125. The first kappa shape index (κ1) is 13.4. The summed E-state index contributed by atoms with van der Waals surface area (Å²) in [5.41, 5.74) is 0.906. The minimum atomic E-state index is -0.199. The van der Waals surface area contributed by atoms with E-state index in [2.05, 4.69) is 17.7 Å². The highest BCUT2D eigenvalue weighted by atomic mass is 32.2. The Kier molecular flexibility index (Phi) is 3.62. The average molecular weight is 307 g/mol. The van der Waals surface area contributed by atoms with Gasteiger partial charge in [0.05, 0.1) is 23.9 Å². The van der Waals surface area contributed by atoms with Gasteiger partial charge in [0.2, 0.25) is 0 Å². The number of aryl methyl sites for hydroxylation is 1. The van der Waals surface area contributed by atoms with Gasteiger partial charge in [0, 0.05) is 18.8 Å². The number of nitrogens with zero attached hydrogens (tertiary/aromatic N) is 3. The van der Waals surface area contributed by atoms with Crippen LogP contribution in [0.5, 0.6) is 0 Å². The fraction of sp³-hybridized carbons (Fsp3) is 0.231. The van der Waals surface area contributed by atoms with E-state index in [9.17, 15) is 4.79 Å². The zero-order valence-electron chi connectivity index (χ0n) is 10.8. The molecule has 0 N–H and O–H groups in total. The van der Waals surface area contributed by atoms with E-state index in [0.717, 1.165) is 11.3 Å². The fourth-order valence-electron chi connectivity index (χ4n) is 1.95. The summed E-state index contributed by atoms with van der Waals surface area (Å²) in [7, 11) is 1.84. The van der Waals surface area contributed by atoms with E-state index >= 15 is 0 Å². The lowest BCUT2D eigenvalue weighted by atomic mass is 10.3. The smallest absolute Gasteiger partial charge is 0.262 e. The third kappa shape index (κ3) is 2.64. The van der Waals surface area contributed by atoms with Gasteiger partial charge in [-0.2, -0.15) is 5.10 Å². The van der Waals surface area contributed by atoms with Crippen LogP contribution in [-0.4, -0.2) is 25.3 Å². The Bertz CT molecular complexity index is 648. The SMILES string of the molecule is Cn1cc(/C=C2\SC(S)N(Cc3ccco3)C2=O)cn1. The van der Waals surface area contributed by atoms with Gasteiger partial charge in [-0.25, -0.2) is 0 Å². The second-order valence-electron chi connectivity index (χ2n) is 4.41. The molecule has 0 bridgehead atoms. The maximum Gasteiger partial charge on any atom is 0.262 e. The number of aromatic nitrogens is 2. The van der Waals surface area contributed by atoms with Crippen LogP contribution in [0, 0.1) is 0 Å². The Morgan fingerprint density at radius 3 is 3.10 bits per heavy atom. The van der Waals surface area contributed by atoms with Gasteiger partial charge in [-0.1, -0.05) is 11.8 Å². The third-order valence-corrected chi connectivity index (χ3v) is 4.51. The van der Waals surface area contributed by atoms with Crippen LogP contribution in [0.15, 0.2) is 40.1 Å². The maximum absolute atomic E-state index is 12.4. The topological polar surface area (TPSA) is 51.3 Å². The molecule has 5 nitrogen and oxygen atoms in total. The summed E-state index contributed by atoms with van der Waals surface area (Å²) < 4.78 is 6.78. The van der Waals surface area contributed by atoms with Crippen LogP contribution in [0.25, 0.3) is 6.08 Å². The summed E-state index contributed by atoms with van der Waals surface area (Å²) in [5.74, 6) is 0.718. The second-order valence-corrected chi connectivity index (χ2v) is 6.37. The molecule has 0 aliphatic carbocycles. The molecule has 2 aromatic rings. The summed E-state index contributed by atoms with van der Waals surface area (Å²) in [6, 6.07) is 3.66. The van der Waals surface area contributed by atoms with E-state index in [-0.39, 0.29) is 10.6 Å². The zero-order chi connectivity index (χ0) is 14.1. The number of rotatable bonds is 3. The van der Waals surface area contributed by atoms with Gasteiger partial charge < -0.3 is 9.32 Å². The first-order valence-electron chi connectivity index (χ1n) is 6.02. The molecule has 1 aliphatic rings. The summed E-state index contributed by atoms with van der Waals surface area (Å²) >= 11 is 5.88. The van der Waals surface area contributed by atoms with Gasteiger partial charge in [-0.05, 0) is 18.2 Å². The summed E-state index contributed by atoms with van der Waals surface area (Å²) in [4.78, 5) is 14.7. The van der Waals surface area contributed by atoms with Crippen molar-refractivity contribution in [1.29, 1.82) is 0 Å². The Balaban J connectivity index is 1.79. The molecule has 0 spiro atoms. The van der Waals surface area contributed by atoms with Crippen molar-refractivity contribution in [3.05, 3.63) is 47.0 Å². The molecule has 104 valence electrons. The lowest BCUT2D eigenvalue weighted by Crippen LogP contribution is -2.28. The molecule has 1 saturated heterocycles. The first-order chi connectivity index (χ1) is 9.63. The number of carbonyl (C=O) groups excluding carboxylic acids is 1. The van der Waals surface area contributed by atoms with Gasteiger partial charge in [0.25, 0.3) is 5.91 Å². The van der Waals surface area contributed by atoms with Crippen LogP contribution >= 0.6 is 24.4 Å². The van der Waals surface area contributed by atoms with E-state index in [1.165, 1.54) is 11.8 Å². The molecule has 3 heterocycles. The molecule has 1 atom stereocenters. The van der Waals surface area contributed by atoms with Gasteiger partial charge >= 0.3 is 0 Å². The summed E-state index contributed by atoms with van der Waals surface area (Å²) in [6.07, 6.45) is 7.03. The summed E-state index contributed by atoms with van der Waals surface area (Å²) in [5, 5.41) is 4.09. The Hall–Kier alpha value is -1.60. The molecule has 0 radical (unpaired) electrons. The predicted octanol–water partition coefficient (Wildman–Crippen LogP) is 2.34. The molecule has 0 saturated carbocycles. The molecule has 1 fully saturated rings. The number of amides is 1. The van der Waals surface area contributed by atoms with Crippen LogP contribution in [0.1, 0.15) is 11.3 Å². The third-order valence-electron chi connectivity index (χ3n) is 2.90. The van der Waals surface area contributed by atoms with Crippen LogP contribution in [0.4, 0.5) is 0 Å². The van der Waals surface area contributed by atoms with Crippen molar-refractivity contribution in [2.45, 2.75) is 11.3 Å². The largest absolute Gasteiger partial charge is 0.467 e. The van der Waals surface area contributed by atoms with Crippen molar-refractivity contribution >= 4 is 36.4 Å². The second kappa shape index (κ2) is 5.41. The van der Waals surface area contributed by atoms with Crippen molar-refractivity contribution in [2.75, 3.05) is 0 Å². The minimum Gasteiger partial charge on any atom is -0.467 e. The fourth-order valence-corrected chi connectivity index (χ4v) is 3.43. The molecule has 7 heteroatoms. The molecular weight excluding hydrogens is 294 g/mol. The first-order valence-corrected chi connectivity index (χ1v) is 7.41. The molecule has 3 rings (SSSR count). The van der Waals surface area contributed by atoms with Crippen LogP contribution in [-0.2, 0) is 18.4 Å². The van der Waals surface area contributed by atoms with E-state index in [4.69, 9.17) is 4.42 Å². The van der Waals surface area contributed by atoms with E-state index in [0.29, 0.717) is 11.4 Å². The van der Waals surface area contributed by atoms with Gasteiger partial charge in [0.1, 0.15) is 10.5 Å². The Labute approximate surface area is 126 Å². The van der Waals surface area contributed by atoms with Crippen molar-refractivity contribution < 1.29 is 9.21 Å². The van der Waals surface area contributed by atoms with Crippen LogP contribution < -0.4 is 0 Å². The number of thiol groups is 1. The number of furan rings is 1. The number of hydrogen-bond acceptors (Lipinski definition) is 5. The molecule has 20 heavy (non-hydrogen) atoms. The van der Waals surface area contributed by atoms with Crippen molar-refractivity contribution in [3.63, 3.8) is 0 Å². The van der Waals surface area contributed by atoms with Crippen LogP contribution in [0.3, 0.4) is 0 Å². The highest BCUT2D eigenvalue weighted by Crippen LogP contribution is 2.38. The standard InChI is InChI=1S/C13H13N3O2S2/c1-15-7-9(6-14-15)5-11-12(17)16(13(19)20-11)8-10-3-2-4-18-10/h2-7,13,19H,8H2,1H3/b11-5-. The number of thioether (sulfide) groups is 1. The molecule has 0 aromatic carbocycles. The minimum absolute atomic E-state index is 0.0322. The lowest BCUT2D eigenvalue weighted by Gasteiger charge is -2.17. The van der Waals surface area contributed by atoms with Gasteiger partial charge in [-0.15, -0.1) is 12.6 Å². The van der Waals surface area contributed by atoms with Crippen LogP contribution in [0.2, 0.25) is 0 Å². The molecule has 1 amide bonds. The molecule has 1 unspecified atom stereocenters. The number of carbonyl (C=O) groups is 1. The van der Waals surface area contributed by atoms with Gasteiger partial charge in [0.15, 0.2) is 0 Å². The average Bonchev–Trinajstić information content (AvgIpc) is 3.10. The quantitative estimate of drug-likeness (QED) is 0.698. The van der Waals surface area contributed by atoms with Crippen molar-refractivity contribution in [3.8, 4) is 0 Å². The highest BCUT2D eigenvalue weighted by molar-refractivity contribution is 8.14. The van der Waals surface area contributed by atoms with Gasteiger partial charge in [-0.3, -0.25) is 9.48 Å². The monoisotopic (exact) mass is 307 g/mol. The molecular formula is C13H13N3O2S2. The normalized spacial score (nSPS) is 21.1. The predicted molar refractivity (Wildman–Crippen MR) is 80.8 cm³/mol. The molecule has 1 aliphatic heterocycles. The van der Waals surface area contributed by atoms with Crippen molar-refractivity contribution in [1.82, 2.24) is 14.7 Å². The zero-order valence-corrected chi connectivity index (χ0v) is 12.5. The van der Waals surface area contributed by atoms with E-state index in [1.807, 2.05) is 31.5 Å². The Morgan fingerprint density at radius 2 is 2.45 bits per heavy atom. The maximum atomic E-state index is 12.4. The number of hydrogen-bond donors (Lipinski definition) is 1. The molecule has 2 aromatic heterocycles.